The molecule has 0 saturated heterocycles. The van der Waals surface area contributed by atoms with E-state index < -0.39 is 6.04 Å². The summed E-state index contributed by atoms with van der Waals surface area (Å²) in [6, 6.07) is 12.9. The number of rotatable bonds is 8. The van der Waals surface area contributed by atoms with Crippen LogP contribution in [0, 0.1) is 12.7 Å². The molecule has 0 bridgehead atoms. The van der Waals surface area contributed by atoms with Crippen LogP contribution < -0.4 is 10.1 Å². The summed E-state index contributed by atoms with van der Waals surface area (Å²) in [5.41, 5.74) is 1.85. The van der Waals surface area contributed by atoms with E-state index in [-0.39, 0.29) is 36.8 Å². The van der Waals surface area contributed by atoms with E-state index >= 15 is 0 Å². The fraction of sp³-hybridized carbons (Fsp3) is 0.417. The molecule has 0 radical (unpaired) electrons. The molecule has 0 unspecified atom stereocenters. The molecular formula is C24H29FN2O3. The molecular weight excluding hydrogens is 383 g/mol. The first-order valence-electron chi connectivity index (χ1n) is 10.5. The molecule has 3 rings (SSSR count). The average molecular weight is 413 g/mol. The van der Waals surface area contributed by atoms with Crippen molar-refractivity contribution in [3.05, 3.63) is 65.5 Å². The highest BCUT2D eigenvalue weighted by atomic mass is 19.1. The summed E-state index contributed by atoms with van der Waals surface area (Å²) in [6.07, 6.45) is 4.17. The summed E-state index contributed by atoms with van der Waals surface area (Å²) in [6.45, 7) is 3.72. The summed E-state index contributed by atoms with van der Waals surface area (Å²) < 4.78 is 18.9. The molecule has 0 heterocycles. The summed E-state index contributed by atoms with van der Waals surface area (Å²) in [4.78, 5) is 27.3. The lowest BCUT2D eigenvalue weighted by Gasteiger charge is -2.29. The van der Waals surface area contributed by atoms with Crippen LogP contribution in [0.25, 0.3) is 0 Å². The third kappa shape index (κ3) is 6.05. The smallest absolute Gasteiger partial charge is 0.261 e. The van der Waals surface area contributed by atoms with Crippen LogP contribution in [0.5, 0.6) is 5.75 Å². The van der Waals surface area contributed by atoms with Crippen LogP contribution in [-0.2, 0) is 16.1 Å². The van der Waals surface area contributed by atoms with Crippen LogP contribution in [0.15, 0.2) is 48.5 Å². The van der Waals surface area contributed by atoms with Crippen LogP contribution in [0.2, 0.25) is 0 Å². The second kappa shape index (κ2) is 10.2. The highest BCUT2D eigenvalue weighted by molar-refractivity contribution is 5.88. The van der Waals surface area contributed by atoms with Gasteiger partial charge in [-0.1, -0.05) is 42.7 Å². The fourth-order valence-electron chi connectivity index (χ4n) is 3.62. The largest absolute Gasteiger partial charge is 0.484 e. The van der Waals surface area contributed by atoms with E-state index in [1.54, 1.807) is 19.1 Å². The first kappa shape index (κ1) is 21.8. The molecule has 1 atom stereocenters. The minimum absolute atomic E-state index is 0.173. The number of ether oxygens (including phenoxy) is 1. The predicted molar refractivity (Wildman–Crippen MR) is 113 cm³/mol. The summed E-state index contributed by atoms with van der Waals surface area (Å²) >= 11 is 0. The molecule has 2 amide bonds. The molecule has 2 aromatic rings. The molecule has 6 heteroatoms. The van der Waals surface area contributed by atoms with Gasteiger partial charge in [-0.05, 0) is 56.5 Å². The molecule has 1 aliphatic rings. The lowest BCUT2D eigenvalue weighted by molar-refractivity contribution is -0.142. The van der Waals surface area contributed by atoms with Crippen molar-refractivity contribution in [3.63, 3.8) is 0 Å². The first-order chi connectivity index (χ1) is 14.4. The topological polar surface area (TPSA) is 58.6 Å². The summed E-state index contributed by atoms with van der Waals surface area (Å²) in [5, 5.41) is 3.06. The maximum atomic E-state index is 13.3. The van der Waals surface area contributed by atoms with Gasteiger partial charge in [-0.3, -0.25) is 9.59 Å². The van der Waals surface area contributed by atoms with Crippen LogP contribution in [0.3, 0.4) is 0 Å². The minimum Gasteiger partial charge on any atom is -0.484 e. The van der Waals surface area contributed by atoms with Crippen LogP contribution in [-0.4, -0.2) is 35.4 Å². The molecule has 2 aromatic carbocycles. The molecule has 0 aromatic heterocycles. The zero-order valence-corrected chi connectivity index (χ0v) is 17.6. The van der Waals surface area contributed by atoms with Gasteiger partial charge in [0.1, 0.15) is 17.6 Å². The van der Waals surface area contributed by atoms with Crippen molar-refractivity contribution in [2.45, 2.75) is 58.2 Å². The summed E-state index contributed by atoms with van der Waals surface area (Å²) in [5.74, 6) is -0.216. The van der Waals surface area contributed by atoms with Crippen molar-refractivity contribution in [3.8, 4) is 5.75 Å². The Kier molecular flexibility index (Phi) is 7.44. The van der Waals surface area contributed by atoms with Crippen LogP contribution in [0.1, 0.15) is 43.7 Å². The second-order valence-corrected chi connectivity index (χ2v) is 7.92. The van der Waals surface area contributed by atoms with Gasteiger partial charge in [0, 0.05) is 12.6 Å². The van der Waals surface area contributed by atoms with E-state index in [0.717, 1.165) is 36.8 Å². The van der Waals surface area contributed by atoms with Crippen molar-refractivity contribution in [2.24, 2.45) is 0 Å². The Labute approximate surface area is 177 Å². The number of amides is 2. The molecule has 1 saturated carbocycles. The Morgan fingerprint density at radius 3 is 2.37 bits per heavy atom. The van der Waals surface area contributed by atoms with Gasteiger partial charge in [0.25, 0.3) is 5.91 Å². The van der Waals surface area contributed by atoms with Crippen molar-refractivity contribution >= 4 is 11.8 Å². The Hall–Kier alpha value is -2.89. The highest BCUT2D eigenvalue weighted by Crippen LogP contribution is 2.19. The molecule has 160 valence electrons. The number of nitrogens with zero attached hydrogens (tertiary/aromatic N) is 1. The number of aryl methyl sites for hydroxylation is 1. The standard InChI is InChI=1S/C24H29FN2O3/c1-17-7-13-22(14-8-17)30-16-23(28)27(15-19-9-11-20(25)12-10-19)18(2)24(29)26-21-5-3-4-6-21/h7-14,18,21H,3-6,15-16H2,1-2H3,(H,26,29)/t18-/m0/s1. The third-order valence-corrected chi connectivity index (χ3v) is 5.52. The molecule has 5 nitrogen and oxygen atoms in total. The number of nitrogens with one attached hydrogen (secondary N) is 1. The zero-order chi connectivity index (χ0) is 21.5. The number of hydrogen-bond donors (Lipinski definition) is 1. The number of halogens is 1. The molecule has 0 spiro atoms. The van der Waals surface area contributed by atoms with Gasteiger partial charge in [0.15, 0.2) is 6.61 Å². The monoisotopic (exact) mass is 412 g/mol. The van der Waals surface area contributed by atoms with Gasteiger partial charge < -0.3 is 15.0 Å². The van der Waals surface area contributed by atoms with Crippen LogP contribution >= 0.6 is 0 Å². The highest BCUT2D eigenvalue weighted by Gasteiger charge is 2.28. The fourth-order valence-corrected chi connectivity index (χ4v) is 3.62. The molecule has 30 heavy (non-hydrogen) atoms. The van der Waals surface area contributed by atoms with Crippen molar-refractivity contribution in [1.29, 1.82) is 0 Å². The van der Waals surface area contributed by atoms with E-state index in [0.29, 0.717) is 5.75 Å². The van der Waals surface area contributed by atoms with Gasteiger partial charge >= 0.3 is 0 Å². The minimum atomic E-state index is -0.662. The van der Waals surface area contributed by atoms with Crippen LogP contribution in [0.4, 0.5) is 4.39 Å². The molecule has 1 fully saturated rings. The van der Waals surface area contributed by atoms with E-state index in [9.17, 15) is 14.0 Å². The Balaban J connectivity index is 1.69. The number of carbonyl (C=O) groups excluding carboxylic acids is 2. The zero-order valence-electron chi connectivity index (χ0n) is 17.6. The van der Waals surface area contributed by atoms with Crippen molar-refractivity contribution in [1.82, 2.24) is 10.2 Å². The second-order valence-electron chi connectivity index (χ2n) is 7.92. The quantitative estimate of drug-likeness (QED) is 0.713. The Morgan fingerprint density at radius 2 is 1.73 bits per heavy atom. The summed E-state index contributed by atoms with van der Waals surface area (Å²) in [7, 11) is 0. The van der Waals surface area contributed by atoms with Gasteiger partial charge in [-0.25, -0.2) is 4.39 Å². The molecule has 1 N–H and O–H groups in total. The van der Waals surface area contributed by atoms with E-state index in [1.165, 1.54) is 17.0 Å². The van der Waals surface area contributed by atoms with Gasteiger partial charge in [-0.15, -0.1) is 0 Å². The van der Waals surface area contributed by atoms with E-state index in [1.807, 2.05) is 31.2 Å². The van der Waals surface area contributed by atoms with E-state index in [2.05, 4.69) is 5.32 Å². The van der Waals surface area contributed by atoms with Gasteiger partial charge in [0.2, 0.25) is 5.91 Å². The lowest BCUT2D eigenvalue weighted by atomic mass is 10.1. The predicted octanol–water partition coefficient (Wildman–Crippen LogP) is 3.99. The molecule has 1 aliphatic carbocycles. The van der Waals surface area contributed by atoms with E-state index in [4.69, 9.17) is 4.74 Å². The number of hydrogen-bond acceptors (Lipinski definition) is 3. The van der Waals surface area contributed by atoms with Crippen molar-refractivity contribution < 1.29 is 18.7 Å². The first-order valence-corrected chi connectivity index (χ1v) is 10.5. The van der Waals surface area contributed by atoms with Crippen molar-refractivity contribution in [2.75, 3.05) is 6.61 Å². The maximum absolute atomic E-state index is 13.3. The third-order valence-electron chi connectivity index (χ3n) is 5.52. The van der Waals surface area contributed by atoms with Gasteiger partial charge in [0.05, 0.1) is 0 Å². The lowest BCUT2D eigenvalue weighted by Crippen LogP contribution is -2.50. The molecule has 0 aliphatic heterocycles. The Morgan fingerprint density at radius 1 is 1.10 bits per heavy atom. The average Bonchev–Trinajstić information content (AvgIpc) is 3.25. The van der Waals surface area contributed by atoms with Gasteiger partial charge in [-0.2, -0.15) is 0 Å². The number of benzene rings is 2. The number of carbonyl (C=O) groups is 2. The maximum Gasteiger partial charge on any atom is 0.261 e. The SMILES string of the molecule is Cc1ccc(OCC(=O)N(Cc2ccc(F)cc2)[C@@H](C)C(=O)NC2CCCC2)cc1. The Bertz CT molecular complexity index is 846. The normalized spacial score (nSPS) is 14.9.